The Hall–Kier alpha value is -3.57. The molecule has 2 aromatic rings. The van der Waals surface area contributed by atoms with Crippen molar-refractivity contribution in [2.75, 3.05) is 11.9 Å². The molecule has 158 valence electrons. The van der Waals surface area contributed by atoms with E-state index in [9.17, 15) is 24.3 Å². The minimum Gasteiger partial charge on any atom is -0.443 e. The molecule has 0 unspecified atom stereocenters. The zero-order chi connectivity index (χ0) is 21.7. The summed E-state index contributed by atoms with van der Waals surface area (Å²) in [4.78, 5) is 51.2. The highest BCUT2D eigenvalue weighted by Gasteiger charge is 2.39. The maximum Gasteiger partial charge on any atom is 0.414 e. The lowest BCUT2D eigenvalue weighted by molar-refractivity contribution is -0.114. The Labute approximate surface area is 170 Å². The molecule has 11 heteroatoms. The Kier molecular flexibility index (Phi) is 6.54. The molecular formula is C19H20N4O7. The highest BCUT2D eigenvalue weighted by Crippen LogP contribution is 2.29. The third-order valence-electron chi connectivity index (χ3n) is 4.31. The molecule has 3 amide bonds. The average molecular weight is 416 g/mol. The summed E-state index contributed by atoms with van der Waals surface area (Å²) in [6.45, 7) is 0.821. The molecule has 0 bridgehead atoms. The monoisotopic (exact) mass is 416 g/mol. The molecule has 3 atom stereocenters. The smallest absolute Gasteiger partial charge is 0.414 e. The number of carbonyl (C=O) groups excluding carboxylic acids is 3. The van der Waals surface area contributed by atoms with E-state index in [-0.39, 0.29) is 23.7 Å². The summed E-state index contributed by atoms with van der Waals surface area (Å²) in [5.74, 6) is -0.917. The molecule has 1 aliphatic heterocycles. The number of amides is 3. The second-order valence-electron chi connectivity index (χ2n) is 6.50. The largest absolute Gasteiger partial charge is 0.443 e. The summed E-state index contributed by atoms with van der Waals surface area (Å²) in [6, 6.07) is 9.53. The fraction of sp³-hybridized carbons (Fsp3) is 0.316. The summed E-state index contributed by atoms with van der Waals surface area (Å²) >= 11 is 0. The van der Waals surface area contributed by atoms with Crippen LogP contribution in [0, 0.1) is 0 Å². The average Bonchev–Trinajstić information content (AvgIpc) is 3.10. The molecule has 30 heavy (non-hydrogen) atoms. The van der Waals surface area contributed by atoms with Crippen molar-refractivity contribution in [3.8, 4) is 0 Å². The van der Waals surface area contributed by atoms with E-state index < -0.39 is 42.7 Å². The van der Waals surface area contributed by atoms with Gasteiger partial charge in [0, 0.05) is 25.1 Å². The van der Waals surface area contributed by atoms with Crippen LogP contribution < -0.4 is 16.3 Å². The molecule has 1 aliphatic rings. The molecule has 1 fully saturated rings. The van der Waals surface area contributed by atoms with Crippen LogP contribution in [0.3, 0.4) is 0 Å². The molecule has 3 rings (SSSR count). The zero-order valence-electron chi connectivity index (χ0n) is 16.0. The summed E-state index contributed by atoms with van der Waals surface area (Å²) in [6.07, 6.45) is -2.21. The van der Waals surface area contributed by atoms with Crippen LogP contribution in [0.4, 0.5) is 10.6 Å². The highest BCUT2D eigenvalue weighted by molar-refractivity contribution is 6.02. The minimum atomic E-state index is -0.997. The third kappa shape index (κ3) is 5.07. The minimum absolute atomic E-state index is 0.0548. The van der Waals surface area contributed by atoms with Crippen LogP contribution in [0.1, 0.15) is 29.9 Å². The Bertz CT molecular complexity index is 992. The SMILES string of the molecule is CC(=O)Nc1ccn([C@@H]2C[C@H](OC(=O)NC(=O)c3ccccc3)[C@@H](CO)O2)c(=O)n1. The molecule has 11 nitrogen and oxygen atoms in total. The number of anilines is 1. The number of benzene rings is 1. The van der Waals surface area contributed by atoms with Crippen LogP contribution in [-0.4, -0.2) is 51.4 Å². The van der Waals surface area contributed by atoms with Crippen molar-refractivity contribution >= 4 is 23.7 Å². The first-order chi connectivity index (χ1) is 14.4. The van der Waals surface area contributed by atoms with Crippen molar-refractivity contribution in [2.45, 2.75) is 31.8 Å². The van der Waals surface area contributed by atoms with E-state index in [4.69, 9.17) is 9.47 Å². The van der Waals surface area contributed by atoms with Gasteiger partial charge in [-0.05, 0) is 18.2 Å². The molecule has 1 aromatic carbocycles. The van der Waals surface area contributed by atoms with Crippen LogP contribution >= 0.6 is 0 Å². The van der Waals surface area contributed by atoms with E-state index in [2.05, 4.69) is 15.6 Å². The standard InChI is InChI=1S/C19H20N4O7/c1-11(25)20-15-7-8-23(18(27)21-15)16-9-13(14(10-24)29-16)30-19(28)22-17(26)12-5-3-2-4-6-12/h2-8,13-14,16,24H,9-10H2,1H3,(H,22,26,28)(H,20,21,25,27)/t13-,14+,16-/m0/s1. The number of hydrogen-bond acceptors (Lipinski definition) is 8. The first kappa shape index (κ1) is 21.1. The fourth-order valence-corrected chi connectivity index (χ4v) is 2.96. The van der Waals surface area contributed by atoms with Gasteiger partial charge < -0.3 is 19.9 Å². The van der Waals surface area contributed by atoms with Gasteiger partial charge >= 0.3 is 11.8 Å². The normalized spacial score (nSPS) is 20.4. The number of rotatable bonds is 5. The van der Waals surface area contributed by atoms with Crippen LogP contribution in [-0.2, 0) is 14.3 Å². The lowest BCUT2D eigenvalue weighted by atomic mass is 10.2. The summed E-state index contributed by atoms with van der Waals surface area (Å²) in [5.41, 5.74) is -0.405. The predicted molar refractivity (Wildman–Crippen MR) is 103 cm³/mol. The van der Waals surface area contributed by atoms with E-state index in [0.717, 1.165) is 4.57 Å². The number of aliphatic hydroxyl groups is 1. The third-order valence-corrected chi connectivity index (χ3v) is 4.31. The Morgan fingerprint density at radius 3 is 2.63 bits per heavy atom. The predicted octanol–water partition coefficient (Wildman–Crippen LogP) is 0.417. The quantitative estimate of drug-likeness (QED) is 0.635. The van der Waals surface area contributed by atoms with Crippen LogP contribution in [0.15, 0.2) is 47.4 Å². The Balaban J connectivity index is 1.64. The van der Waals surface area contributed by atoms with Crippen molar-refractivity contribution in [1.82, 2.24) is 14.9 Å². The maximum atomic E-state index is 12.2. The second-order valence-corrected chi connectivity index (χ2v) is 6.50. The van der Waals surface area contributed by atoms with Gasteiger partial charge in [0.05, 0.1) is 6.61 Å². The molecule has 0 spiro atoms. The number of carbonyl (C=O) groups is 3. The summed E-state index contributed by atoms with van der Waals surface area (Å²) < 4.78 is 12.0. The van der Waals surface area contributed by atoms with Crippen molar-refractivity contribution in [1.29, 1.82) is 0 Å². The van der Waals surface area contributed by atoms with Crippen LogP contribution in [0.25, 0.3) is 0 Å². The van der Waals surface area contributed by atoms with Crippen molar-refractivity contribution in [3.63, 3.8) is 0 Å². The first-order valence-corrected chi connectivity index (χ1v) is 9.07. The van der Waals surface area contributed by atoms with Gasteiger partial charge in [-0.2, -0.15) is 4.98 Å². The van der Waals surface area contributed by atoms with Gasteiger partial charge in [-0.3, -0.25) is 19.5 Å². The zero-order valence-corrected chi connectivity index (χ0v) is 16.0. The van der Waals surface area contributed by atoms with E-state index in [0.29, 0.717) is 0 Å². The second kappa shape index (κ2) is 9.29. The van der Waals surface area contributed by atoms with Gasteiger partial charge in [-0.1, -0.05) is 18.2 Å². The number of imide groups is 1. The number of alkyl carbamates (subject to hydrolysis) is 1. The number of aromatic nitrogens is 2. The van der Waals surface area contributed by atoms with Gasteiger partial charge in [-0.25, -0.2) is 9.59 Å². The molecule has 0 saturated carbocycles. The fourth-order valence-electron chi connectivity index (χ4n) is 2.96. The summed E-state index contributed by atoms with van der Waals surface area (Å²) in [7, 11) is 0. The van der Waals surface area contributed by atoms with Crippen molar-refractivity contribution < 1.29 is 29.0 Å². The number of hydrogen-bond donors (Lipinski definition) is 3. The van der Waals surface area contributed by atoms with Crippen molar-refractivity contribution in [2.24, 2.45) is 0 Å². The van der Waals surface area contributed by atoms with Gasteiger partial charge in [0.15, 0.2) is 0 Å². The van der Waals surface area contributed by atoms with Gasteiger partial charge in [-0.15, -0.1) is 0 Å². The Morgan fingerprint density at radius 2 is 2.00 bits per heavy atom. The number of nitrogens with zero attached hydrogens (tertiary/aromatic N) is 2. The maximum absolute atomic E-state index is 12.2. The molecular weight excluding hydrogens is 396 g/mol. The van der Waals surface area contributed by atoms with Crippen LogP contribution in [0.2, 0.25) is 0 Å². The molecule has 1 saturated heterocycles. The van der Waals surface area contributed by atoms with E-state index in [1.807, 2.05) is 0 Å². The van der Waals surface area contributed by atoms with E-state index >= 15 is 0 Å². The molecule has 2 heterocycles. The topological polar surface area (TPSA) is 149 Å². The summed E-state index contributed by atoms with van der Waals surface area (Å²) in [5, 5.41) is 14.0. The van der Waals surface area contributed by atoms with E-state index in [1.54, 1.807) is 18.2 Å². The van der Waals surface area contributed by atoms with Gasteiger partial charge in [0.1, 0.15) is 24.3 Å². The van der Waals surface area contributed by atoms with E-state index in [1.165, 1.54) is 31.3 Å². The molecule has 3 N–H and O–H groups in total. The van der Waals surface area contributed by atoms with Gasteiger partial charge in [0.25, 0.3) is 5.91 Å². The van der Waals surface area contributed by atoms with Gasteiger partial charge in [0.2, 0.25) is 5.91 Å². The van der Waals surface area contributed by atoms with Crippen molar-refractivity contribution in [3.05, 3.63) is 58.6 Å². The Morgan fingerprint density at radius 1 is 1.27 bits per heavy atom. The lowest BCUT2D eigenvalue weighted by Crippen LogP contribution is -2.37. The number of nitrogens with one attached hydrogen (secondary N) is 2. The lowest BCUT2D eigenvalue weighted by Gasteiger charge is -2.16. The number of ether oxygens (including phenoxy) is 2. The number of aliphatic hydroxyl groups excluding tert-OH is 1. The molecule has 0 aliphatic carbocycles. The molecule has 1 aromatic heterocycles. The molecule has 0 radical (unpaired) electrons. The first-order valence-electron chi connectivity index (χ1n) is 9.07. The van der Waals surface area contributed by atoms with Crippen LogP contribution in [0.5, 0.6) is 0 Å². The highest BCUT2D eigenvalue weighted by atomic mass is 16.6.